The van der Waals surface area contributed by atoms with Crippen molar-refractivity contribution in [3.8, 4) is 0 Å². The van der Waals surface area contributed by atoms with Gasteiger partial charge in [-0.2, -0.15) is 8.42 Å². The summed E-state index contributed by atoms with van der Waals surface area (Å²) >= 11 is 6.10. The van der Waals surface area contributed by atoms with Crippen molar-refractivity contribution in [1.29, 1.82) is 0 Å². The monoisotopic (exact) mass is 582 g/mol. The molecule has 2 N–H and O–H groups in total. The molecule has 40 heavy (non-hydrogen) atoms. The van der Waals surface area contributed by atoms with Gasteiger partial charge in [-0.15, -0.1) is 0 Å². The zero-order valence-electron chi connectivity index (χ0n) is 23.4. The Labute approximate surface area is 240 Å². The fraction of sp³-hybridized carbons (Fsp3) is 0.448. The number of nitrogens with zero attached hydrogens (tertiary/aromatic N) is 4. The number of sulfonamides is 1. The maximum Gasteiger partial charge on any atom is 0.281 e. The molecule has 3 aromatic heterocycles. The van der Waals surface area contributed by atoms with Gasteiger partial charge in [-0.25, -0.2) is 14.7 Å². The van der Waals surface area contributed by atoms with Crippen molar-refractivity contribution in [1.82, 2.24) is 19.7 Å². The topological polar surface area (TPSA) is 117 Å². The van der Waals surface area contributed by atoms with Gasteiger partial charge in [-0.1, -0.05) is 38.4 Å². The average Bonchev–Trinajstić information content (AvgIpc) is 3.19. The maximum atomic E-state index is 13.5. The molecule has 0 saturated carbocycles. The first-order valence-electron chi connectivity index (χ1n) is 13.4. The van der Waals surface area contributed by atoms with E-state index in [0.717, 1.165) is 30.7 Å². The van der Waals surface area contributed by atoms with E-state index in [1.165, 1.54) is 6.07 Å². The van der Waals surface area contributed by atoms with Gasteiger partial charge in [-0.05, 0) is 75.4 Å². The fourth-order valence-electron chi connectivity index (χ4n) is 5.54. The highest BCUT2D eigenvalue weighted by molar-refractivity contribution is 7.90. The number of hydrogen-bond acceptors (Lipinski definition) is 8. The molecule has 5 rings (SSSR count). The molecule has 1 amide bonds. The van der Waals surface area contributed by atoms with Crippen LogP contribution >= 0.6 is 11.6 Å². The second-order valence-electron chi connectivity index (χ2n) is 12.3. The van der Waals surface area contributed by atoms with Gasteiger partial charge in [0.1, 0.15) is 11.6 Å². The Morgan fingerprint density at radius 2 is 1.82 bits per heavy atom. The van der Waals surface area contributed by atoms with Crippen LogP contribution in [0.3, 0.4) is 0 Å². The van der Waals surface area contributed by atoms with Crippen LogP contribution in [0.25, 0.3) is 0 Å². The predicted molar refractivity (Wildman–Crippen MR) is 156 cm³/mol. The molecule has 212 valence electrons. The Balaban J connectivity index is 1.62. The van der Waals surface area contributed by atoms with Crippen LogP contribution in [0.4, 0.5) is 11.6 Å². The number of fused-ring (bicyclic) bond motifs is 6. The SMILES string of the molecule is CC(C)(C)c1ccc2c(n1)N1C[C@@H](CCC(c3ccc(Cl)cn3)Nc3cccc(n3)S(=O)(=O)NC2=O)CC1(C)C. The lowest BCUT2D eigenvalue weighted by Gasteiger charge is -2.34. The van der Waals surface area contributed by atoms with E-state index in [4.69, 9.17) is 16.6 Å². The third-order valence-electron chi connectivity index (χ3n) is 7.62. The van der Waals surface area contributed by atoms with E-state index in [0.29, 0.717) is 29.1 Å². The molecular weight excluding hydrogens is 548 g/mol. The molecule has 1 saturated heterocycles. The summed E-state index contributed by atoms with van der Waals surface area (Å²) in [6.07, 6.45) is 4.11. The number of aromatic nitrogens is 3. The van der Waals surface area contributed by atoms with Gasteiger partial charge in [0.25, 0.3) is 15.9 Å². The largest absolute Gasteiger partial charge is 0.362 e. The zero-order valence-corrected chi connectivity index (χ0v) is 25.0. The maximum absolute atomic E-state index is 13.5. The van der Waals surface area contributed by atoms with E-state index in [9.17, 15) is 13.2 Å². The normalized spacial score (nSPS) is 22.4. The predicted octanol–water partition coefficient (Wildman–Crippen LogP) is 5.49. The number of nitrogens with one attached hydrogen (secondary N) is 2. The number of carbonyl (C=O) groups is 1. The molecule has 2 aliphatic heterocycles. The van der Waals surface area contributed by atoms with Gasteiger partial charge in [-0.3, -0.25) is 9.78 Å². The highest BCUT2D eigenvalue weighted by Gasteiger charge is 2.41. The highest BCUT2D eigenvalue weighted by Crippen LogP contribution is 2.41. The highest BCUT2D eigenvalue weighted by atomic mass is 35.5. The lowest BCUT2D eigenvalue weighted by atomic mass is 9.90. The molecule has 4 bridgehead atoms. The van der Waals surface area contributed by atoms with E-state index in [1.54, 1.807) is 36.5 Å². The molecule has 0 aromatic carbocycles. The van der Waals surface area contributed by atoms with Gasteiger partial charge >= 0.3 is 0 Å². The van der Waals surface area contributed by atoms with Gasteiger partial charge in [0.05, 0.1) is 22.3 Å². The Morgan fingerprint density at radius 3 is 2.52 bits per heavy atom. The number of hydrogen-bond donors (Lipinski definition) is 2. The standard InChI is InChI=1S/C29H35ClN6O3S/c1-28(2,3)23-14-11-20-26(33-23)36-17-18(15-29(36,4)5)9-12-22(21-13-10-19(30)16-31-21)32-24-7-6-8-25(34-24)40(38,39)35-27(20)37/h6-8,10-11,13-14,16,18,22H,9,12,15,17H2,1-5H3,(H,32,34)(H,35,37)/t18-,22?/m0/s1. The lowest BCUT2D eigenvalue weighted by molar-refractivity contribution is 0.0981. The summed E-state index contributed by atoms with van der Waals surface area (Å²) in [5.41, 5.74) is 1.27. The Bertz CT molecular complexity index is 1540. The van der Waals surface area contributed by atoms with Crippen molar-refractivity contribution in [2.24, 2.45) is 5.92 Å². The summed E-state index contributed by atoms with van der Waals surface area (Å²) in [5.74, 6) is 0.451. The van der Waals surface area contributed by atoms with Crippen LogP contribution in [0.2, 0.25) is 5.02 Å². The summed E-state index contributed by atoms with van der Waals surface area (Å²) in [6.45, 7) is 11.2. The number of rotatable bonds is 1. The molecule has 0 radical (unpaired) electrons. The van der Waals surface area contributed by atoms with Gasteiger partial charge in [0.2, 0.25) is 0 Å². The fourth-order valence-corrected chi connectivity index (χ4v) is 6.59. The van der Waals surface area contributed by atoms with Crippen LogP contribution in [0.15, 0.2) is 53.7 Å². The molecule has 2 aliphatic rings. The molecule has 1 unspecified atom stereocenters. The average molecular weight is 583 g/mol. The summed E-state index contributed by atoms with van der Waals surface area (Å²) in [5, 5.41) is 3.65. The van der Waals surface area contributed by atoms with E-state index in [1.807, 2.05) is 6.07 Å². The second-order valence-corrected chi connectivity index (χ2v) is 14.3. The molecule has 0 spiro atoms. The number of pyridine rings is 3. The number of anilines is 2. The van der Waals surface area contributed by atoms with Crippen molar-refractivity contribution in [3.63, 3.8) is 0 Å². The third-order valence-corrected chi connectivity index (χ3v) is 9.08. The van der Waals surface area contributed by atoms with E-state index >= 15 is 0 Å². The summed E-state index contributed by atoms with van der Waals surface area (Å²) in [6, 6.07) is 11.6. The van der Waals surface area contributed by atoms with Gasteiger partial charge in [0.15, 0.2) is 5.03 Å². The first-order chi connectivity index (χ1) is 18.7. The van der Waals surface area contributed by atoms with Crippen LogP contribution in [-0.4, -0.2) is 41.4 Å². The first kappa shape index (κ1) is 28.3. The third kappa shape index (κ3) is 5.78. The number of halogens is 1. The molecule has 5 heterocycles. The Hall–Kier alpha value is -3.24. The quantitative estimate of drug-likeness (QED) is 0.387. The number of amides is 1. The van der Waals surface area contributed by atoms with Crippen molar-refractivity contribution in [2.45, 2.75) is 75.9 Å². The van der Waals surface area contributed by atoms with E-state index in [2.05, 4.69) is 59.5 Å². The van der Waals surface area contributed by atoms with Crippen LogP contribution in [0.1, 0.15) is 81.7 Å². The van der Waals surface area contributed by atoms with Crippen molar-refractivity contribution in [2.75, 3.05) is 16.8 Å². The molecular formula is C29H35ClN6O3S. The molecule has 1 fully saturated rings. The van der Waals surface area contributed by atoms with E-state index < -0.39 is 15.9 Å². The first-order valence-corrected chi connectivity index (χ1v) is 15.3. The van der Waals surface area contributed by atoms with Crippen molar-refractivity contribution < 1.29 is 13.2 Å². The lowest BCUT2D eigenvalue weighted by Crippen LogP contribution is -2.41. The molecule has 2 atom stereocenters. The molecule has 0 aliphatic carbocycles. The van der Waals surface area contributed by atoms with Crippen LogP contribution in [0.5, 0.6) is 0 Å². The smallest absolute Gasteiger partial charge is 0.281 e. The molecule has 3 aromatic rings. The van der Waals surface area contributed by atoms with Crippen molar-refractivity contribution >= 4 is 39.2 Å². The Kier molecular flexibility index (Phi) is 7.29. The van der Waals surface area contributed by atoms with Gasteiger partial charge in [0, 0.05) is 29.4 Å². The minimum absolute atomic E-state index is 0.220. The van der Waals surface area contributed by atoms with Gasteiger partial charge < -0.3 is 10.2 Å². The summed E-state index contributed by atoms with van der Waals surface area (Å²) in [4.78, 5) is 29.5. The van der Waals surface area contributed by atoms with Crippen LogP contribution in [-0.2, 0) is 15.4 Å². The van der Waals surface area contributed by atoms with E-state index in [-0.39, 0.29) is 27.6 Å². The summed E-state index contributed by atoms with van der Waals surface area (Å²) in [7, 11) is -4.27. The van der Waals surface area contributed by atoms with Crippen LogP contribution in [0, 0.1) is 5.92 Å². The minimum Gasteiger partial charge on any atom is -0.362 e. The van der Waals surface area contributed by atoms with Crippen molar-refractivity contribution in [3.05, 3.63) is 70.6 Å². The molecule has 11 heteroatoms. The minimum atomic E-state index is -4.27. The second kappa shape index (κ2) is 10.3. The molecule has 9 nitrogen and oxygen atoms in total. The Morgan fingerprint density at radius 1 is 1.05 bits per heavy atom. The van der Waals surface area contributed by atoms with Crippen LogP contribution < -0.4 is 14.9 Å². The number of carbonyl (C=O) groups excluding carboxylic acids is 1. The summed E-state index contributed by atoms with van der Waals surface area (Å²) < 4.78 is 28.9. The zero-order chi connectivity index (χ0) is 28.9.